The minimum atomic E-state index is 0.340. The van der Waals surface area contributed by atoms with Crippen molar-refractivity contribution < 1.29 is 0 Å². The molecule has 40 valence electrons. The molecule has 1 N–H and O–H groups in total. The average Bonchev–Trinajstić information content (AvgIpc) is 1.61. The van der Waals surface area contributed by atoms with Crippen LogP contribution in [0.5, 0.6) is 0 Å². The second-order valence-electron chi connectivity index (χ2n) is 1.87. The Bertz CT molecular complexity index is 37.1. The van der Waals surface area contributed by atoms with Crippen molar-refractivity contribution in [1.29, 1.82) is 0 Å². The molecule has 0 rings (SSSR count). The van der Waals surface area contributed by atoms with E-state index in [9.17, 15) is 0 Å². The van der Waals surface area contributed by atoms with E-state index in [-0.39, 0.29) is 0 Å². The van der Waals surface area contributed by atoms with Gasteiger partial charge in [0, 0.05) is 0 Å². The minimum Gasteiger partial charge on any atom is -0.320 e. The van der Waals surface area contributed by atoms with Crippen molar-refractivity contribution in [2.45, 2.75) is 19.2 Å². The molecule has 0 aliphatic carbocycles. The van der Waals surface area contributed by atoms with Gasteiger partial charge in [-0.1, -0.05) is 12.7 Å². The molecule has 0 aliphatic rings. The third kappa shape index (κ3) is 6.02. The second-order valence-corrected chi connectivity index (χ2v) is 1.87. The highest BCUT2D eigenvalue weighted by atomic mass is 14.8. The Balaban J connectivity index is 2.68. The Kier molecular flexibility index (Phi) is 4.21. The van der Waals surface area contributed by atoms with Gasteiger partial charge in [0.1, 0.15) is 0 Å². The molecule has 0 fully saturated rings. The van der Waals surface area contributed by atoms with Crippen LogP contribution in [0, 0.1) is 0 Å². The molecular formula is C5H12BN. The fourth-order valence-corrected chi connectivity index (χ4v) is 0.372. The Morgan fingerprint density at radius 3 is 2.43 bits per heavy atom. The second kappa shape index (κ2) is 4.19. The van der Waals surface area contributed by atoms with Gasteiger partial charge in [-0.05, 0) is 20.0 Å². The van der Waals surface area contributed by atoms with Gasteiger partial charge in [0.05, 0.1) is 7.85 Å². The van der Waals surface area contributed by atoms with E-state index in [0.29, 0.717) is 5.82 Å². The molecule has 0 unspecified atom stereocenters. The van der Waals surface area contributed by atoms with Gasteiger partial charge >= 0.3 is 0 Å². The van der Waals surface area contributed by atoms with Crippen LogP contribution in [0.25, 0.3) is 0 Å². The normalized spacial score (nSPS) is 14.0. The summed E-state index contributed by atoms with van der Waals surface area (Å²) in [6.07, 6.45) is 1.07. The van der Waals surface area contributed by atoms with Crippen LogP contribution in [0.3, 0.4) is 0 Å². The number of hydrogen-bond donors (Lipinski definition) is 1. The monoisotopic (exact) mass is 97.1 g/mol. The average molecular weight is 97.0 g/mol. The van der Waals surface area contributed by atoms with Crippen LogP contribution in [0.2, 0.25) is 5.82 Å². The van der Waals surface area contributed by atoms with E-state index in [1.54, 1.807) is 0 Å². The maximum Gasteiger partial charge on any atom is 0.0696 e. The number of nitrogens with one attached hydrogen (secondary N) is 1. The zero-order chi connectivity index (χ0) is 5.70. The van der Waals surface area contributed by atoms with Crippen molar-refractivity contribution in [2.75, 3.05) is 13.6 Å². The van der Waals surface area contributed by atoms with Crippen LogP contribution in [-0.4, -0.2) is 21.4 Å². The van der Waals surface area contributed by atoms with Crippen LogP contribution < -0.4 is 5.32 Å². The standard InChI is InChI=1S/C5H12BN/c1-5(6)3-4-7-2/h5,7H,3-4H2,1-2H3/t5-/m0/s1. The smallest absolute Gasteiger partial charge is 0.0696 e. The predicted molar refractivity (Wildman–Crippen MR) is 33.7 cm³/mol. The third-order valence-corrected chi connectivity index (χ3v) is 0.850. The van der Waals surface area contributed by atoms with Crippen molar-refractivity contribution in [3.05, 3.63) is 0 Å². The molecule has 2 heteroatoms. The minimum absolute atomic E-state index is 0.340. The lowest BCUT2D eigenvalue weighted by atomic mass is 9.87. The molecule has 1 atom stereocenters. The molecule has 1 nitrogen and oxygen atoms in total. The van der Waals surface area contributed by atoms with E-state index in [4.69, 9.17) is 7.85 Å². The highest BCUT2D eigenvalue weighted by Gasteiger charge is 1.88. The lowest BCUT2D eigenvalue weighted by molar-refractivity contribution is 0.709. The molecule has 0 aromatic heterocycles. The van der Waals surface area contributed by atoms with Gasteiger partial charge < -0.3 is 5.32 Å². The first-order valence-electron chi connectivity index (χ1n) is 2.67. The molecule has 0 bridgehead atoms. The lowest BCUT2D eigenvalue weighted by Gasteiger charge is -2.00. The van der Waals surface area contributed by atoms with Gasteiger partial charge in [0.15, 0.2) is 0 Å². The number of rotatable bonds is 3. The Morgan fingerprint density at radius 2 is 2.29 bits per heavy atom. The molecular weight excluding hydrogens is 84.9 g/mol. The van der Waals surface area contributed by atoms with Crippen LogP contribution in [0.15, 0.2) is 0 Å². The third-order valence-electron chi connectivity index (χ3n) is 0.850. The predicted octanol–water partition coefficient (Wildman–Crippen LogP) is 0.573. The summed E-state index contributed by atoms with van der Waals surface area (Å²) in [6.45, 7) is 3.04. The molecule has 0 saturated heterocycles. The first kappa shape index (κ1) is 7.02. The Hall–Kier alpha value is 0.0249. The summed E-state index contributed by atoms with van der Waals surface area (Å²) in [7, 11) is 7.37. The van der Waals surface area contributed by atoms with Crippen molar-refractivity contribution in [1.82, 2.24) is 5.32 Å². The zero-order valence-electron chi connectivity index (χ0n) is 5.07. The quantitative estimate of drug-likeness (QED) is 0.507. The SMILES string of the molecule is [B][C@@H](C)CCNC. The van der Waals surface area contributed by atoms with E-state index in [1.807, 2.05) is 14.0 Å². The summed E-state index contributed by atoms with van der Waals surface area (Å²) in [4.78, 5) is 0. The molecule has 0 spiro atoms. The first-order chi connectivity index (χ1) is 3.27. The maximum absolute atomic E-state index is 5.44. The van der Waals surface area contributed by atoms with Gasteiger partial charge in [0.25, 0.3) is 0 Å². The van der Waals surface area contributed by atoms with Gasteiger partial charge in [-0.25, -0.2) is 0 Å². The van der Waals surface area contributed by atoms with Crippen molar-refractivity contribution in [3.8, 4) is 0 Å². The lowest BCUT2D eigenvalue weighted by Crippen LogP contribution is -2.08. The van der Waals surface area contributed by atoms with Gasteiger partial charge in [0.2, 0.25) is 0 Å². The summed E-state index contributed by atoms with van der Waals surface area (Å²) < 4.78 is 0. The summed E-state index contributed by atoms with van der Waals surface area (Å²) in [5, 5.41) is 3.02. The van der Waals surface area contributed by atoms with Gasteiger partial charge in [-0.15, -0.1) is 0 Å². The largest absolute Gasteiger partial charge is 0.320 e. The van der Waals surface area contributed by atoms with E-state index in [0.717, 1.165) is 13.0 Å². The zero-order valence-corrected chi connectivity index (χ0v) is 5.07. The van der Waals surface area contributed by atoms with E-state index in [2.05, 4.69) is 5.32 Å². The van der Waals surface area contributed by atoms with Crippen molar-refractivity contribution in [2.24, 2.45) is 0 Å². The summed E-state index contributed by atoms with van der Waals surface area (Å²) in [5.74, 6) is 0.340. The fourth-order valence-electron chi connectivity index (χ4n) is 0.372. The van der Waals surface area contributed by atoms with E-state index >= 15 is 0 Å². The molecule has 0 heterocycles. The first-order valence-corrected chi connectivity index (χ1v) is 2.67. The summed E-state index contributed by atoms with van der Waals surface area (Å²) in [5.41, 5.74) is 0. The van der Waals surface area contributed by atoms with Gasteiger partial charge in [-0.2, -0.15) is 0 Å². The van der Waals surface area contributed by atoms with Crippen LogP contribution in [-0.2, 0) is 0 Å². The number of hydrogen-bond acceptors (Lipinski definition) is 1. The van der Waals surface area contributed by atoms with Gasteiger partial charge in [-0.3, -0.25) is 0 Å². The Labute approximate surface area is 46.9 Å². The maximum atomic E-state index is 5.44. The summed E-state index contributed by atoms with van der Waals surface area (Å²) >= 11 is 0. The molecule has 0 amide bonds. The van der Waals surface area contributed by atoms with E-state index < -0.39 is 0 Å². The van der Waals surface area contributed by atoms with Crippen LogP contribution in [0.4, 0.5) is 0 Å². The highest BCUT2D eigenvalue weighted by molar-refractivity contribution is 6.11. The molecule has 0 aromatic rings. The van der Waals surface area contributed by atoms with Crippen molar-refractivity contribution >= 4 is 7.85 Å². The van der Waals surface area contributed by atoms with Crippen LogP contribution >= 0.6 is 0 Å². The Morgan fingerprint density at radius 1 is 1.71 bits per heavy atom. The summed E-state index contributed by atoms with van der Waals surface area (Å²) in [6, 6.07) is 0. The van der Waals surface area contributed by atoms with E-state index in [1.165, 1.54) is 0 Å². The topological polar surface area (TPSA) is 12.0 Å². The highest BCUT2D eigenvalue weighted by Crippen LogP contribution is 1.98. The fraction of sp³-hybridized carbons (Fsp3) is 1.00. The van der Waals surface area contributed by atoms with Crippen molar-refractivity contribution in [3.63, 3.8) is 0 Å². The molecule has 0 aromatic carbocycles. The molecule has 0 aliphatic heterocycles. The molecule has 7 heavy (non-hydrogen) atoms. The molecule has 2 radical (unpaired) electrons. The molecule has 0 saturated carbocycles. The van der Waals surface area contributed by atoms with Crippen LogP contribution in [0.1, 0.15) is 13.3 Å².